The van der Waals surface area contributed by atoms with Crippen LogP contribution in [0.1, 0.15) is 42.9 Å². The first-order valence-corrected chi connectivity index (χ1v) is 7.06. The van der Waals surface area contributed by atoms with Crippen LogP contribution in [0.4, 0.5) is 0 Å². The van der Waals surface area contributed by atoms with E-state index in [1.54, 1.807) is 18.2 Å². The largest absolute Gasteiger partial charge is 0.478 e. The summed E-state index contributed by atoms with van der Waals surface area (Å²) in [7, 11) is 0. The molecule has 0 aliphatic heterocycles. The molecule has 0 spiro atoms. The fraction of sp³-hybridized carbons (Fsp3) is 0.400. The highest BCUT2D eigenvalue weighted by atomic mass is 16.4. The van der Waals surface area contributed by atoms with Gasteiger partial charge in [0.25, 0.3) is 0 Å². The summed E-state index contributed by atoms with van der Waals surface area (Å²) in [5.41, 5.74) is 1.73. The molecule has 1 aromatic heterocycles. The van der Waals surface area contributed by atoms with Gasteiger partial charge < -0.3 is 15.0 Å². The number of benzene rings is 1. The van der Waals surface area contributed by atoms with Crippen LogP contribution < -0.4 is 5.32 Å². The zero-order valence-electron chi connectivity index (χ0n) is 12.2. The van der Waals surface area contributed by atoms with Crippen molar-refractivity contribution in [2.75, 3.05) is 0 Å². The van der Waals surface area contributed by atoms with Gasteiger partial charge in [0.1, 0.15) is 5.82 Å². The number of carbonyl (C=O) groups excluding carboxylic acids is 1. The van der Waals surface area contributed by atoms with Crippen LogP contribution in [0, 0.1) is 0 Å². The van der Waals surface area contributed by atoms with Gasteiger partial charge in [-0.15, -0.1) is 0 Å². The highest BCUT2D eigenvalue weighted by molar-refractivity contribution is 5.92. The lowest BCUT2D eigenvalue weighted by atomic mass is 10.2. The van der Waals surface area contributed by atoms with Crippen molar-refractivity contribution in [1.82, 2.24) is 14.9 Å². The van der Waals surface area contributed by atoms with Crippen LogP contribution in [0.15, 0.2) is 18.2 Å². The zero-order valence-corrected chi connectivity index (χ0v) is 12.2. The van der Waals surface area contributed by atoms with Gasteiger partial charge in [-0.25, -0.2) is 9.78 Å². The Morgan fingerprint density at radius 1 is 1.33 bits per heavy atom. The fourth-order valence-electron chi connectivity index (χ4n) is 2.29. The van der Waals surface area contributed by atoms with Gasteiger partial charge in [0.2, 0.25) is 5.91 Å². The molecule has 6 nitrogen and oxygen atoms in total. The van der Waals surface area contributed by atoms with Crippen LogP contribution >= 0.6 is 0 Å². The van der Waals surface area contributed by atoms with Crippen molar-refractivity contribution in [3.8, 4) is 0 Å². The maximum Gasteiger partial charge on any atom is 0.335 e. The van der Waals surface area contributed by atoms with Crippen molar-refractivity contribution in [3.05, 3.63) is 29.6 Å². The van der Waals surface area contributed by atoms with Gasteiger partial charge in [-0.05, 0) is 31.5 Å². The standard InChI is InChI=1S/C15H19N3O3/c1-3-5-14(19)16-9-13-17-11-8-10(15(20)21)6-7-12(11)18(13)4-2/h6-8H,3-5,9H2,1-2H3,(H,16,19)(H,20,21). The van der Waals surface area contributed by atoms with Crippen LogP contribution in [0.5, 0.6) is 0 Å². The highest BCUT2D eigenvalue weighted by Gasteiger charge is 2.12. The Kier molecular flexibility index (Phi) is 4.57. The first kappa shape index (κ1) is 15.0. The summed E-state index contributed by atoms with van der Waals surface area (Å²) < 4.78 is 1.98. The van der Waals surface area contributed by atoms with Gasteiger partial charge in [0.05, 0.1) is 23.1 Å². The average Bonchev–Trinajstić information content (AvgIpc) is 2.81. The normalized spacial score (nSPS) is 10.8. The molecule has 0 aliphatic rings. The van der Waals surface area contributed by atoms with E-state index < -0.39 is 5.97 Å². The molecular weight excluding hydrogens is 270 g/mol. The minimum atomic E-state index is -0.972. The number of aromatic carboxylic acids is 1. The zero-order chi connectivity index (χ0) is 15.4. The smallest absolute Gasteiger partial charge is 0.335 e. The van der Waals surface area contributed by atoms with Crippen molar-refractivity contribution in [3.63, 3.8) is 0 Å². The van der Waals surface area contributed by atoms with E-state index in [0.29, 0.717) is 25.0 Å². The van der Waals surface area contributed by atoms with E-state index in [1.807, 2.05) is 18.4 Å². The van der Waals surface area contributed by atoms with Crippen molar-refractivity contribution in [1.29, 1.82) is 0 Å². The first-order chi connectivity index (χ1) is 10.1. The van der Waals surface area contributed by atoms with E-state index in [-0.39, 0.29) is 11.5 Å². The Bertz CT molecular complexity index is 676. The SMILES string of the molecule is CCCC(=O)NCc1nc2cc(C(=O)O)ccc2n1CC. The lowest BCUT2D eigenvalue weighted by Gasteiger charge is -2.07. The van der Waals surface area contributed by atoms with Gasteiger partial charge in [-0.3, -0.25) is 4.79 Å². The number of fused-ring (bicyclic) bond motifs is 1. The van der Waals surface area contributed by atoms with Crippen molar-refractivity contribution in [2.24, 2.45) is 0 Å². The number of rotatable bonds is 6. The predicted octanol–water partition coefficient (Wildman–Crippen LogP) is 2.17. The molecule has 112 valence electrons. The number of carboxylic acids is 1. The van der Waals surface area contributed by atoms with Crippen molar-refractivity contribution >= 4 is 22.9 Å². The number of hydrogen-bond donors (Lipinski definition) is 2. The van der Waals surface area contributed by atoms with Gasteiger partial charge in [0, 0.05) is 13.0 Å². The maximum absolute atomic E-state index is 11.5. The first-order valence-electron chi connectivity index (χ1n) is 7.06. The lowest BCUT2D eigenvalue weighted by Crippen LogP contribution is -2.24. The Hall–Kier alpha value is -2.37. The fourth-order valence-corrected chi connectivity index (χ4v) is 2.29. The van der Waals surface area contributed by atoms with E-state index >= 15 is 0 Å². The summed E-state index contributed by atoms with van der Waals surface area (Å²) in [6.45, 7) is 5.00. The monoisotopic (exact) mass is 289 g/mol. The summed E-state index contributed by atoms with van der Waals surface area (Å²) in [5, 5.41) is 11.9. The molecule has 0 radical (unpaired) electrons. The van der Waals surface area contributed by atoms with Crippen molar-refractivity contribution in [2.45, 2.75) is 39.8 Å². The van der Waals surface area contributed by atoms with E-state index in [4.69, 9.17) is 5.11 Å². The Morgan fingerprint density at radius 3 is 2.71 bits per heavy atom. The second kappa shape index (κ2) is 6.39. The summed E-state index contributed by atoms with van der Waals surface area (Å²) in [6, 6.07) is 4.88. The van der Waals surface area contributed by atoms with Crippen LogP contribution in [0.2, 0.25) is 0 Å². The van der Waals surface area contributed by atoms with Gasteiger partial charge in [-0.2, -0.15) is 0 Å². The van der Waals surface area contributed by atoms with Crippen LogP contribution in [0.3, 0.4) is 0 Å². The van der Waals surface area contributed by atoms with Gasteiger partial charge >= 0.3 is 5.97 Å². The van der Waals surface area contributed by atoms with E-state index in [1.165, 1.54) is 0 Å². The third-order valence-corrected chi connectivity index (χ3v) is 3.31. The number of imidazole rings is 1. The molecule has 1 heterocycles. The summed E-state index contributed by atoms with van der Waals surface area (Å²) in [5.74, 6) is -0.237. The molecular formula is C15H19N3O3. The molecule has 0 fully saturated rings. The van der Waals surface area contributed by atoms with Crippen LogP contribution in [0.25, 0.3) is 11.0 Å². The molecule has 2 rings (SSSR count). The second-order valence-corrected chi connectivity index (χ2v) is 4.81. The highest BCUT2D eigenvalue weighted by Crippen LogP contribution is 2.18. The van der Waals surface area contributed by atoms with Crippen LogP contribution in [-0.4, -0.2) is 26.5 Å². The molecule has 21 heavy (non-hydrogen) atoms. The van der Waals surface area contributed by atoms with E-state index in [2.05, 4.69) is 10.3 Å². The molecule has 6 heteroatoms. The molecule has 0 aliphatic carbocycles. The third-order valence-electron chi connectivity index (χ3n) is 3.31. The number of nitrogens with zero attached hydrogens (tertiary/aromatic N) is 2. The van der Waals surface area contributed by atoms with Crippen LogP contribution in [-0.2, 0) is 17.9 Å². The molecule has 0 bridgehead atoms. The summed E-state index contributed by atoms with van der Waals surface area (Å²) in [4.78, 5) is 27.0. The van der Waals surface area contributed by atoms with Gasteiger partial charge in [0.15, 0.2) is 0 Å². The molecule has 1 amide bonds. The predicted molar refractivity (Wildman–Crippen MR) is 79.1 cm³/mol. The number of carboxylic acid groups (broad SMARTS) is 1. The number of hydrogen-bond acceptors (Lipinski definition) is 3. The number of carbonyl (C=O) groups is 2. The average molecular weight is 289 g/mol. The molecule has 0 unspecified atom stereocenters. The summed E-state index contributed by atoms with van der Waals surface area (Å²) in [6.07, 6.45) is 1.30. The Morgan fingerprint density at radius 2 is 2.10 bits per heavy atom. The number of aromatic nitrogens is 2. The quantitative estimate of drug-likeness (QED) is 0.853. The maximum atomic E-state index is 11.5. The Labute approximate surface area is 122 Å². The number of nitrogens with one attached hydrogen (secondary N) is 1. The Balaban J connectivity index is 2.30. The third kappa shape index (κ3) is 3.21. The summed E-state index contributed by atoms with van der Waals surface area (Å²) >= 11 is 0. The number of aryl methyl sites for hydroxylation is 1. The second-order valence-electron chi connectivity index (χ2n) is 4.81. The van der Waals surface area contributed by atoms with Gasteiger partial charge in [-0.1, -0.05) is 6.92 Å². The van der Waals surface area contributed by atoms with Crippen molar-refractivity contribution < 1.29 is 14.7 Å². The van der Waals surface area contributed by atoms with E-state index in [0.717, 1.165) is 17.8 Å². The molecule has 0 saturated carbocycles. The minimum Gasteiger partial charge on any atom is -0.478 e. The molecule has 0 atom stereocenters. The molecule has 2 aromatic rings. The number of amides is 1. The topological polar surface area (TPSA) is 84.2 Å². The molecule has 1 aromatic carbocycles. The molecule has 2 N–H and O–H groups in total. The minimum absolute atomic E-state index is 0.00145. The molecule has 0 saturated heterocycles. The lowest BCUT2D eigenvalue weighted by molar-refractivity contribution is -0.121. The van der Waals surface area contributed by atoms with E-state index in [9.17, 15) is 9.59 Å².